The Morgan fingerprint density at radius 2 is 1.94 bits per heavy atom. The molecule has 2 N–H and O–H groups in total. The zero-order valence-electron chi connectivity index (χ0n) is 11.2. The Hall–Kier alpha value is -0.130. The molecular formula is C12H26N2O2S. The molecule has 0 aromatic heterocycles. The summed E-state index contributed by atoms with van der Waals surface area (Å²) < 4.78 is 26.4. The summed E-state index contributed by atoms with van der Waals surface area (Å²) in [4.78, 5) is 0. The fourth-order valence-electron chi connectivity index (χ4n) is 2.76. The Balaban J connectivity index is 2.83. The van der Waals surface area contributed by atoms with E-state index in [0.29, 0.717) is 12.3 Å². The minimum atomic E-state index is -3.23. The molecule has 4 nitrogen and oxygen atoms in total. The maximum absolute atomic E-state index is 12.4. The van der Waals surface area contributed by atoms with Crippen LogP contribution in [0.1, 0.15) is 46.0 Å². The summed E-state index contributed by atoms with van der Waals surface area (Å²) in [6, 6.07) is 0.161. The second-order valence-corrected chi connectivity index (χ2v) is 7.43. The highest BCUT2D eigenvalue weighted by Gasteiger charge is 2.35. The van der Waals surface area contributed by atoms with Gasteiger partial charge in [-0.25, -0.2) is 12.7 Å². The first kappa shape index (κ1) is 14.9. The van der Waals surface area contributed by atoms with Crippen molar-refractivity contribution in [1.29, 1.82) is 0 Å². The number of nitrogens with zero attached hydrogens (tertiary/aromatic N) is 1. The van der Waals surface area contributed by atoms with Crippen LogP contribution in [0.15, 0.2) is 0 Å². The van der Waals surface area contributed by atoms with Gasteiger partial charge in [0.2, 0.25) is 10.0 Å². The van der Waals surface area contributed by atoms with Gasteiger partial charge in [0.25, 0.3) is 0 Å². The zero-order chi connectivity index (χ0) is 13.1. The second kappa shape index (κ2) is 6.16. The van der Waals surface area contributed by atoms with Crippen LogP contribution in [0.25, 0.3) is 0 Å². The lowest BCUT2D eigenvalue weighted by atomic mass is 9.86. The average Bonchev–Trinajstić information content (AvgIpc) is 2.30. The van der Waals surface area contributed by atoms with Crippen LogP contribution in [0.3, 0.4) is 0 Å². The van der Waals surface area contributed by atoms with Gasteiger partial charge in [-0.2, -0.15) is 0 Å². The van der Waals surface area contributed by atoms with Crippen molar-refractivity contribution in [3.05, 3.63) is 0 Å². The number of hydrogen-bond donors (Lipinski definition) is 1. The molecule has 0 saturated heterocycles. The van der Waals surface area contributed by atoms with Crippen molar-refractivity contribution in [1.82, 2.24) is 4.31 Å². The monoisotopic (exact) mass is 262 g/mol. The highest BCUT2D eigenvalue weighted by Crippen LogP contribution is 2.29. The van der Waals surface area contributed by atoms with E-state index in [1.807, 2.05) is 6.92 Å². The van der Waals surface area contributed by atoms with E-state index in [4.69, 9.17) is 5.73 Å². The van der Waals surface area contributed by atoms with Gasteiger partial charge in [0.15, 0.2) is 0 Å². The van der Waals surface area contributed by atoms with Crippen LogP contribution in [0.2, 0.25) is 0 Å². The molecule has 1 saturated carbocycles. The molecule has 1 aliphatic carbocycles. The van der Waals surface area contributed by atoms with E-state index in [9.17, 15) is 8.42 Å². The lowest BCUT2D eigenvalue weighted by Gasteiger charge is -2.37. The maximum Gasteiger partial charge on any atom is 0.218 e. The first-order chi connectivity index (χ1) is 7.95. The fraction of sp³-hybridized carbons (Fsp3) is 1.00. The molecule has 1 rings (SSSR count). The molecule has 0 radical (unpaired) electrons. The highest BCUT2D eigenvalue weighted by atomic mass is 32.2. The number of hydrogen-bond acceptors (Lipinski definition) is 3. The molecule has 17 heavy (non-hydrogen) atoms. The minimum absolute atomic E-state index is 0.161. The highest BCUT2D eigenvalue weighted by molar-refractivity contribution is 7.89. The first-order valence-electron chi connectivity index (χ1n) is 6.62. The van der Waals surface area contributed by atoms with Crippen LogP contribution in [-0.2, 0) is 10.0 Å². The van der Waals surface area contributed by atoms with Crippen LogP contribution in [0.4, 0.5) is 0 Å². The van der Waals surface area contributed by atoms with E-state index in [0.717, 1.165) is 19.3 Å². The van der Waals surface area contributed by atoms with Crippen molar-refractivity contribution in [3.63, 3.8) is 0 Å². The van der Waals surface area contributed by atoms with E-state index < -0.39 is 15.3 Å². The molecule has 3 atom stereocenters. The van der Waals surface area contributed by atoms with Gasteiger partial charge in [-0.05, 0) is 25.2 Å². The third-order valence-corrected chi connectivity index (χ3v) is 6.52. The molecule has 5 heteroatoms. The topological polar surface area (TPSA) is 63.4 Å². The Kier molecular flexibility index (Phi) is 5.41. The minimum Gasteiger partial charge on any atom is -0.329 e. The van der Waals surface area contributed by atoms with E-state index in [1.165, 1.54) is 6.42 Å². The predicted octanol–water partition coefficient (Wildman–Crippen LogP) is 1.56. The lowest BCUT2D eigenvalue weighted by molar-refractivity contribution is 0.212. The normalized spacial score (nSPS) is 28.3. The molecule has 1 aliphatic rings. The van der Waals surface area contributed by atoms with Crippen LogP contribution in [0.5, 0.6) is 0 Å². The molecular weight excluding hydrogens is 236 g/mol. The first-order valence-corrected chi connectivity index (χ1v) is 8.12. The van der Waals surface area contributed by atoms with Crippen molar-refractivity contribution < 1.29 is 8.42 Å². The summed E-state index contributed by atoms with van der Waals surface area (Å²) in [5, 5.41) is -0.429. The maximum atomic E-state index is 12.4. The van der Waals surface area contributed by atoms with Crippen molar-refractivity contribution in [2.24, 2.45) is 11.7 Å². The molecule has 0 aromatic carbocycles. The fourth-order valence-corrected chi connectivity index (χ4v) is 4.58. The summed E-state index contributed by atoms with van der Waals surface area (Å²) in [7, 11) is -1.50. The molecule has 102 valence electrons. The van der Waals surface area contributed by atoms with Gasteiger partial charge in [0, 0.05) is 19.6 Å². The van der Waals surface area contributed by atoms with Gasteiger partial charge < -0.3 is 5.73 Å². The summed E-state index contributed by atoms with van der Waals surface area (Å²) in [6.07, 6.45) is 5.06. The molecule has 0 heterocycles. The van der Waals surface area contributed by atoms with E-state index in [2.05, 4.69) is 6.92 Å². The average molecular weight is 262 g/mol. The summed E-state index contributed by atoms with van der Waals surface area (Å²) in [5.41, 5.74) is 5.57. The van der Waals surface area contributed by atoms with Gasteiger partial charge in [-0.3, -0.25) is 0 Å². The van der Waals surface area contributed by atoms with Crippen LogP contribution in [0, 0.1) is 5.92 Å². The smallest absolute Gasteiger partial charge is 0.218 e. The molecule has 1 fully saturated rings. The molecule has 0 spiro atoms. The van der Waals surface area contributed by atoms with E-state index in [1.54, 1.807) is 11.4 Å². The number of sulfonamides is 1. The summed E-state index contributed by atoms with van der Waals surface area (Å²) >= 11 is 0. The van der Waals surface area contributed by atoms with Gasteiger partial charge in [-0.1, -0.05) is 26.7 Å². The van der Waals surface area contributed by atoms with E-state index in [-0.39, 0.29) is 12.6 Å². The number of nitrogens with two attached hydrogens (primary N) is 1. The molecule has 0 aromatic rings. The summed E-state index contributed by atoms with van der Waals surface area (Å²) in [6.45, 7) is 4.25. The Morgan fingerprint density at radius 3 is 2.41 bits per heavy atom. The molecule has 0 bridgehead atoms. The Bertz CT molecular complexity index is 325. The van der Waals surface area contributed by atoms with Crippen LogP contribution >= 0.6 is 0 Å². The third kappa shape index (κ3) is 3.20. The van der Waals surface area contributed by atoms with Gasteiger partial charge in [0.1, 0.15) is 0 Å². The van der Waals surface area contributed by atoms with Crippen molar-refractivity contribution in [3.8, 4) is 0 Å². The Morgan fingerprint density at radius 1 is 1.35 bits per heavy atom. The van der Waals surface area contributed by atoms with Gasteiger partial charge in [0.05, 0.1) is 5.25 Å². The van der Waals surface area contributed by atoms with Gasteiger partial charge >= 0.3 is 0 Å². The second-order valence-electron chi connectivity index (χ2n) is 5.16. The SMILES string of the molecule is CCC(CN)S(=O)(=O)N(C)C1CCCCC1C. The standard InChI is InChI=1S/C12H26N2O2S/c1-4-11(9-13)17(15,16)14(3)12-8-6-5-7-10(12)2/h10-12H,4-9,13H2,1-3H3. The van der Waals surface area contributed by atoms with Crippen molar-refractivity contribution >= 4 is 10.0 Å². The van der Waals surface area contributed by atoms with Crippen LogP contribution < -0.4 is 5.73 Å². The lowest BCUT2D eigenvalue weighted by Crippen LogP contribution is -2.48. The quantitative estimate of drug-likeness (QED) is 0.818. The number of rotatable bonds is 5. The zero-order valence-corrected chi connectivity index (χ0v) is 12.0. The van der Waals surface area contributed by atoms with Crippen LogP contribution in [-0.4, -0.2) is 37.6 Å². The third-order valence-electron chi connectivity index (χ3n) is 4.07. The Labute approximate surface area is 106 Å². The van der Waals surface area contributed by atoms with Crippen molar-refractivity contribution in [2.45, 2.75) is 57.2 Å². The van der Waals surface area contributed by atoms with E-state index >= 15 is 0 Å². The molecule has 3 unspecified atom stereocenters. The molecule has 0 amide bonds. The molecule has 0 aliphatic heterocycles. The van der Waals surface area contributed by atoms with Crippen molar-refractivity contribution in [2.75, 3.05) is 13.6 Å². The largest absolute Gasteiger partial charge is 0.329 e. The summed E-state index contributed by atoms with van der Waals surface area (Å²) in [5.74, 6) is 0.457. The van der Waals surface area contributed by atoms with Gasteiger partial charge in [-0.15, -0.1) is 0 Å². The predicted molar refractivity (Wildman–Crippen MR) is 71.2 cm³/mol.